The summed E-state index contributed by atoms with van der Waals surface area (Å²) in [7, 11) is -5.34. The molecule has 8 heteroatoms. The molecule has 2 saturated heterocycles. The largest absolute Gasteiger partial charge is 0.417 e. The zero-order valence-corrected chi connectivity index (χ0v) is 28.6. The Hall–Kier alpha value is -1.03. The summed E-state index contributed by atoms with van der Waals surface area (Å²) in [5.41, 5.74) is 1.06. The summed E-state index contributed by atoms with van der Waals surface area (Å²) in [6.07, 6.45) is 3.45. The summed E-state index contributed by atoms with van der Waals surface area (Å²) < 4.78 is 46.9. The van der Waals surface area contributed by atoms with Crippen LogP contribution >= 0.6 is 0 Å². The van der Waals surface area contributed by atoms with Crippen LogP contribution < -0.4 is 0 Å². The molecule has 0 aliphatic carbocycles. The van der Waals surface area contributed by atoms with Crippen LogP contribution in [0.15, 0.2) is 47.4 Å². The normalized spacial score (nSPS) is 30.5. The van der Waals surface area contributed by atoms with Crippen molar-refractivity contribution in [1.82, 2.24) is 0 Å². The molecule has 0 bridgehead atoms. The second-order valence-corrected chi connectivity index (χ2v) is 21.1. The highest BCUT2D eigenvalue weighted by Crippen LogP contribution is 2.43. The maximum Gasteiger partial charge on any atom is 0.191 e. The molecule has 1 aromatic rings. The zero-order valence-electron chi connectivity index (χ0n) is 26.8. The average molecular weight is 609 g/mol. The Morgan fingerprint density at radius 3 is 2.39 bits per heavy atom. The Morgan fingerprint density at radius 1 is 1.12 bits per heavy atom. The predicted octanol–water partition coefficient (Wildman–Crippen LogP) is 7.04. The van der Waals surface area contributed by atoms with Crippen LogP contribution in [0.1, 0.15) is 73.6 Å². The third-order valence-corrected chi connectivity index (χ3v) is 16.2. The van der Waals surface area contributed by atoms with Gasteiger partial charge < -0.3 is 19.0 Å². The molecule has 2 fully saturated rings. The standard InChI is InChI=1S/C33H56O6SSi/c1-23(21-37-41(8,9)33(5,6)7)18-30-26(4)29(22-40(35,36)28-15-11-10-12-16-28)32(39-30)20-31-25(3)24(2)19-27(38-31)14-13-17-34/h10-12,15-16,23-24,26-27,29-32,34H,3,13-14,17-22H2,1-2,4-9H3/t23-,24+,26+,27-,29+,30+,31+,32?/m0/s1. The Bertz CT molecular complexity index is 1080. The van der Waals surface area contributed by atoms with Crippen LogP contribution in [0.2, 0.25) is 18.1 Å². The van der Waals surface area contributed by atoms with Gasteiger partial charge in [0, 0.05) is 25.6 Å². The maximum atomic E-state index is 13.6. The summed E-state index contributed by atoms with van der Waals surface area (Å²) in [6, 6.07) is 8.76. The first-order chi connectivity index (χ1) is 19.1. The monoisotopic (exact) mass is 608 g/mol. The molecule has 0 aromatic heterocycles. The smallest absolute Gasteiger partial charge is 0.191 e. The minimum atomic E-state index is -3.49. The summed E-state index contributed by atoms with van der Waals surface area (Å²) in [5, 5.41) is 9.50. The van der Waals surface area contributed by atoms with Crippen LogP contribution in [-0.4, -0.2) is 65.2 Å². The molecule has 6 nitrogen and oxygen atoms in total. The molecule has 1 aromatic carbocycles. The van der Waals surface area contributed by atoms with E-state index >= 15 is 0 Å². The van der Waals surface area contributed by atoms with Crippen molar-refractivity contribution in [1.29, 1.82) is 0 Å². The van der Waals surface area contributed by atoms with Gasteiger partial charge in [-0.1, -0.05) is 66.3 Å². The van der Waals surface area contributed by atoms with E-state index in [0.717, 1.165) is 24.8 Å². The van der Waals surface area contributed by atoms with E-state index in [9.17, 15) is 13.5 Å². The van der Waals surface area contributed by atoms with Gasteiger partial charge >= 0.3 is 0 Å². The Labute approximate surface area is 251 Å². The van der Waals surface area contributed by atoms with E-state index in [0.29, 0.717) is 36.2 Å². The second-order valence-electron chi connectivity index (χ2n) is 14.3. The lowest BCUT2D eigenvalue weighted by atomic mass is 9.82. The molecule has 234 valence electrons. The van der Waals surface area contributed by atoms with Crippen molar-refractivity contribution in [2.75, 3.05) is 19.0 Å². The van der Waals surface area contributed by atoms with Crippen molar-refractivity contribution in [2.24, 2.45) is 23.7 Å². The molecule has 0 spiro atoms. The molecule has 0 saturated carbocycles. The quantitative estimate of drug-likeness (QED) is 0.191. The zero-order chi connectivity index (χ0) is 30.6. The lowest BCUT2D eigenvalue weighted by molar-refractivity contribution is -0.0712. The number of hydrogen-bond donors (Lipinski definition) is 1. The van der Waals surface area contributed by atoms with Crippen molar-refractivity contribution in [3.63, 3.8) is 0 Å². The van der Waals surface area contributed by atoms with E-state index in [1.165, 1.54) is 0 Å². The number of aliphatic hydroxyl groups is 1. The molecule has 1 unspecified atom stereocenters. The van der Waals surface area contributed by atoms with E-state index in [4.69, 9.17) is 13.9 Å². The van der Waals surface area contributed by atoms with Gasteiger partial charge in [0.25, 0.3) is 0 Å². The molecule has 0 amide bonds. The first-order valence-corrected chi connectivity index (χ1v) is 20.1. The summed E-state index contributed by atoms with van der Waals surface area (Å²) >= 11 is 0. The van der Waals surface area contributed by atoms with Crippen LogP contribution in [0, 0.1) is 23.7 Å². The fourth-order valence-electron chi connectivity index (χ4n) is 5.99. The van der Waals surface area contributed by atoms with Gasteiger partial charge in [0.2, 0.25) is 0 Å². The highest BCUT2D eigenvalue weighted by atomic mass is 32.2. The predicted molar refractivity (Wildman–Crippen MR) is 169 cm³/mol. The number of aliphatic hydroxyl groups excluding tert-OH is 1. The molecule has 2 aliphatic heterocycles. The average Bonchev–Trinajstić information content (AvgIpc) is 3.17. The molecule has 1 N–H and O–H groups in total. The van der Waals surface area contributed by atoms with E-state index in [-0.39, 0.29) is 53.6 Å². The van der Waals surface area contributed by atoms with Crippen LogP contribution in [0.5, 0.6) is 0 Å². The van der Waals surface area contributed by atoms with Gasteiger partial charge in [-0.2, -0.15) is 0 Å². The summed E-state index contributed by atoms with van der Waals surface area (Å²) in [5.74, 6) is 0.588. The molecule has 2 aliphatic rings. The summed E-state index contributed by atoms with van der Waals surface area (Å²) in [6.45, 7) is 23.1. The SMILES string of the molecule is C=C1[C@H](C)C[C@H](CCCO)O[C@@H]1CC1O[C@H](C[C@H](C)CO[Si](C)(C)C(C)(C)C)[C@H](C)[C@H]1CS(=O)(=O)c1ccccc1. The molecule has 41 heavy (non-hydrogen) atoms. The fourth-order valence-corrected chi connectivity index (χ4v) is 8.92. The Morgan fingerprint density at radius 2 is 1.78 bits per heavy atom. The number of rotatable bonds is 13. The van der Waals surface area contributed by atoms with E-state index < -0.39 is 18.2 Å². The molecular weight excluding hydrogens is 553 g/mol. The maximum absolute atomic E-state index is 13.6. The van der Waals surface area contributed by atoms with E-state index in [1.54, 1.807) is 24.3 Å². The molecule has 0 radical (unpaired) electrons. The minimum Gasteiger partial charge on any atom is -0.417 e. The fraction of sp³-hybridized carbons (Fsp3) is 0.758. The molecule has 3 rings (SSSR count). The Balaban J connectivity index is 1.78. The third-order valence-electron chi connectivity index (χ3n) is 9.92. The first-order valence-electron chi connectivity index (χ1n) is 15.6. The van der Waals surface area contributed by atoms with Crippen LogP contribution in [-0.2, 0) is 23.7 Å². The van der Waals surface area contributed by atoms with Crippen molar-refractivity contribution in [3.8, 4) is 0 Å². The highest BCUT2D eigenvalue weighted by Gasteiger charge is 2.46. The van der Waals surface area contributed by atoms with Crippen LogP contribution in [0.4, 0.5) is 0 Å². The van der Waals surface area contributed by atoms with Gasteiger partial charge in [-0.05, 0) is 79.3 Å². The Kier molecular flexibility index (Phi) is 11.9. The number of benzene rings is 1. The number of hydrogen-bond acceptors (Lipinski definition) is 6. The van der Waals surface area contributed by atoms with Crippen LogP contribution in [0.3, 0.4) is 0 Å². The topological polar surface area (TPSA) is 82.1 Å². The highest BCUT2D eigenvalue weighted by molar-refractivity contribution is 7.91. The molecular formula is C33H56O6SSi. The van der Waals surface area contributed by atoms with E-state index in [1.807, 2.05) is 6.07 Å². The van der Waals surface area contributed by atoms with Crippen molar-refractivity contribution < 1.29 is 27.4 Å². The lowest BCUT2D eigenvalue weighted by Crippen LogP contribution is -2.42. The number of ether oxygens (including phenoxy) is 2. The minimum absolute atomic E-state index is 0.0477. The van der Waals surface area contributed by atoms with Gasteiger partial charge in [0.15, 0.2) is 18.2 Å². The van der Waals surface area contributed by atoms with Crippen molar-refractivity contribution in [3.05, 3.63) is 42.5 Å². The lowest BCUT2D eigenvalue weighted by Gasteiger charge is -2.38. The second kappa shape index (κ2) is 14.2. The van der Waals surface area contributed by atoms with Crippen molar-refractivity contribution >= 4 is 18.2 Å². The van der Waals surface area contributed by atoms with Crippen molar-refractivity contribution in [2.45, 2.75) is 121 Å². The summed E-state index contributed by atoms with van der Waals surface area (Å²) in [4.78, 5) is 0.363. The first kappa shape index (κ1) is 34.5. The van der Waals surface area contributed by atoms with Crippen LogP contribution in [0.25, 0.3) is 0 Å². The molecule has 8 atom stereocenters. The third kappa shape index (κ3) is 8.99. The van der Waals surface area contributed by atoms with Gasteiger partial charge in [-0.3, -0.25) is 0 Å². The van der Waals surface area contributed by atoms with Gasteiger partial charge in [-0.25, -0.2) is 8.42 Å². The molecule has 2 heterocycles. The van der Waals surface area contributed by atoms with Gasteiger partial charge in [-0.15, -0.1) is 0 Å². The van der Waals surface area contributed by atoms with E-state index in [2.05, 4.69) is 61.2 Å². The number of sulfone groups is 1. The van der Waals surface area contributed by atoms with Gasteiger partial charge in [0.1, 0.15) is 0 Å². The van der Waals surface area contributed by atoms with Gasteiger partial charge in [0.05, 0.1) is 35.1 Å².